The van der Waals surface area contributed by atoms with Crippen LogP contribution in [0.15, 0.2) is 59.6 Å². The van der Waals surface area contributed by atoms with E-state index in [1.54, 1.807) is 48.0 Å². The van der Waals surface area contributed by atoms with Crippen LogP contribution in [0.1, 0.15) is 20.7 Å². The zero-order valence-electron chi connectivity index (χ0n) is 13.4. The van der Waals surface area contributed by atoms with Crippen LogP contribution in [0, 0.1) is 0 Å². The Bertz CT molecular complexity index is 880. The van der Waals surface area contributed by atoms with Crippen LogP contribution >= 0.6 is 11.3 Å². The van der Waals surface area contributed by atoms with E-state index in [0.717, 1.165) is 0 Å². The second-order valence-electron chi connectivity index (χ2n) is 5.08. The molecule has 0 radical (unpaired) electrons. The summed E-state index contributed by atoms with van der Waals surface area (Å²) in [7, 11) is 1.50. The molecule has 2 amide bonds. The molecule has 7 heteroatoms. The van der Waals surface area contributed by atoms with Gasteiger partial charge in [0.1, 0.15) is 5.75 Å². The van der Waals surface area contributed by atoms with Crippen LogP contribution in [0.5, 0.6) is 5.75 Å². The molecule has 0 unspecified atom stereocenters. The van der Waals surface area contributed by atoms with E-state index >= 15 is 0 Å². The van der Waals surface area contributed by atoms with E-state index in [1.807, 2.05) is 5.38 Å². The number of hydrogen-bond donors (Lipinski definition) is 2. The lowest BCUT2D eigenvalue weighted by Crippen LogP contribution is -2.14. The van der Waals surface area contributed by atoms with Crippen LogP contribution in [0.25, 0.3) is 0 Å². The number of nitrogens with one attached hydrogen (secondary N) is 2. The van der Waals surface area contributed by atoms with Crippen LogP contribution in [-0.2, 0) is 0 Å². The summed E-state index contributed by atoms with van der Waals surface area (Å²) in [6.07, 6.45) is 3.08. The van der Waals surface area contributed by atoms with Crippen LogP contribution in [0.3, 0.4) is 0 Å². The predicted octanol–water partition coefficient (Wildman–Crippen LogP) is 3.66. The summed E-state index contributed by atoms with van der Waals surface area (Å²) in [5.74, 6) is -0.0442. The van der Waals surface area contributed by atoms with Crippen molar-refractivity contribution in [1.82, 2.24) is 4.98 Å². The quantitative estimate of drug-likeness (QED) is 0.734. The topological polar surface area (TPSA) is 80.3 Å². The maximum absolute atomic E-state index is 12.2. The maximum Gasteiger partial charge on any atom is 0.257 e. The lowest BCUT2D eigenvalue weighted by Gasteiger charge is -2.12. The highest BCUT2D eigenvalue weighted by Gasteiger charge is 2.12. The summed E-state index contributed by atoms with van der Waals surface area (Å²) in [5.41, 5.74) is 2.12. The highest BCUT2D eigenvalue weighted by molar-refractivity contribution is 7.08. The summed E-state index contributed by atoms with van der Waals surface area (Å²) in [4.78, 5) is 28.2. The molecule has 3 rings (SSSR count). The first-order valence-electron chi connectivity index (χ1n) is 7.40. The van der Waals surface area contributed by atoms with Gasteiger partial charge in [0.05, 0.1) is 23.9 Å². The van der Waals surface area contributed by atoms with Gasteiger partial charge in [0.25, 0.3) is 11.8 Å². The summed E-state index contributed by atoms with van der Waals surface area (Å²) in [6.45, 7) is 0. The minimum Gasteiger partial charge on any atom is -0.494 e. The number of thiophene rings is 1. The Morgan fingerprint density at radius 3 is 2.60 bits per heavy atom. The van der Waals surface area contributed by atoms with Gasteiger partial charge in [0, 0.05) is 29.5 Å². The first-order valence-corrected chi connectivity index (χ1v) is 8.34. The lowest BCUT2D eigenvalue weighted by atomic mass is 10.2. The van der Waals surface area contributed by atoms with Crippen LogP contribution < -0.4 is 15.4 Å². The molecule has 0 saturated carbocycles. The fourth-order valence-electron chi connectivity index (χ4n) is 2.16. The van der Waals surface area contributed by atoms with Crippen molar-refractivity contribution in [3.05, 3.63) is 70.7 Å². The Labute approximate surface area is 148 Å². The molecule has 0 aliphatic rings. The van der Waals surface area contributed by atoms with Gasteiger partial charge in [-0.05, 0) is 35.7 Å². The second kappa shape index (κ2) is 7.59. The third kappa shape index (κ3) is 4.02. The van der Waals surface area contributed by atoms with E-state index in [0.29, 0.717) is 28.3 Å². The Morgan fingerprint density at radius 1 is 1.08 bits per heavy atom. The summed E-state index contributed by atoms with van der Waals surface area (Å²) in [6, 6.07) is 10.1. The molecule has 25 heavy (non-hydrogen) atoms. The number of aromatic nitrogens is 1. The van der Waals surface area contributed by atoms with E-state index in [2.05, 4.69) is 15.6 Å². The third-order valence-electron chi connectivity index (χ3n) is 3.41. The van der Waals surface area contributed by atoms with E-state index < -0.39 is 0 Å². The Kier molecular flexibility index (Phi) is 5.06. The molecular weight excluding hydrogens is 338 g/mol. The fourth-order valence-corrected chi connectivity index (χ4v) is 2.80. The van der Waals surface area contributed by atoms with Gasteiger partial charge in [0.2, 0.25) is 0 Å². The highest BCUT2D eigenvalue weighted by Crippen LogP contribution is 2.28. The number of hydrogen-bond acceptors (Lipinski definition) is 5. The molecule has 2 heterocycles. The molecule has 0 spiro atoms. The Balaban J connectivity index is 1.75. The number of pyridine rings is 1. The van der Waals surface area contributed by atoms with Crippen molar-refractivity contribution in [2.24, 2.45) is 0 Å². The van der Waals surface area contributed by atoms with Gasteiger partial charge in [-0.1, -0.05) is 0 Å². The van der Waals surface area contributed by atoms with Crippen molar-refractivity contribution < 1.29 is 14.3 Å². The van der Waals surface area contributed by atoms with E-state index in [1.165, 1.54) is 24.6 Å². The molecule has 0 bridgehead atoms. The highest BCUT2D eigenvalue weighted by atomic mass is 32.1. The lowest BCUT2D eigenvalue weighted by molar-refractivity contribution is 0.101. The van der Waals surface area contributed by atoms with Gasteiger partial charge >= 0.3 is 0 Å². The first kappa shape index (κ1) is 16.7. The van der Waals surface area contributed by atoms with Crippen molar-refractivity contribution in [1.29, 1.82) is 0 Å². The van der Waals surface area contributed by atoms with Crippen LogP contribution in [0.2, 0.25) is 0 Å². The molecule has 2 N–H and O–H groups in total. The van der Waals surface area contributed by atoms with Gasteiger partial charge in [-0.15, -0.1) is 0 Å². The molecule has 3 aromatic rings. The SMILES string of the molecule is COc1cc(NC(=O)c2ccsc2)ccc1NC(=O)c1cccnc1. The van der Waals surface area contributed by atoms with Crippen molar-refractivity contribution in [2.75, 3.05) is 17.7 Å². The standard InChI is InChI=1S/C18H15N3O3S/c1-24-16-9-14(20-18(23)13-6-8-25-11-13)4-5-15(16)21-17(22)12-3-2-7-19-10-12/h2-11H,1H3,(H,20,23)(H,21,22). The second-order valence-corrected chi connectivity index (χ2v) is 5.86. The molecule has 0 atom stereocenters. The number of carbonyl (C=O) groups is 2. The largest absolute Gasteiger partial charge is 0.494 e. The summed E-state index contributed by atoms with van der Waals surface area (Å²) < 4.78 is 5.32. The Hall–Kier alpha value is -3.19. The number of anilines is 2. The minimum absolute atomic E-state index is 0.199. The van der Waals surface area contributed by atoms with Crippen molar-refractivity contribution >= 4 is 34.5 Å². The Morgan fingerprint density at radius 2 is 1.92 bits per heavy atom. The van der Waals surface area contributed by atoms with E-state index in [-0.39, 0.29) is 11.8 Å². The average molecular weight is 353 g/mol. The van der Waals surface area contributed by atoms with Crippen LogP contribution in [0.4, 0.5) is 11.4 Å². The minimum atomic E-state index is -0.290. The maximum atomic E-state index is 12.2. The zero-order chi connectivity index (χ0) is 17.6. The smallest absolute Gasteiger partial charge is 0.257 e. The first-order chi connectivity index (χ1) is 12.2. The van der Waals surface area contributed by atoms with Gasteiger partial charge in [0.15, 0.2) is 0 Å². The fraction of sp³-hybridized carbons (Fsp3) is 0.0556. The molecule has 0 saturated heterocycles. The van der Waals surface area contributed by atoms with Gasteiger partial charge in [-0.3, -0.25) is 14.6 Å². The number of nitrogens with zero attached hydrogens (tertiary/aromatic N) is 1. The van der Waals surface area contributed by atoms with Crippen molar-refractivity contribution in [3.63, 3.8) is 0 Å². The number of methoxy groups -OCH3 is 1. The average Bonchev–Trinajstić information content (AvgIpc) is 3.18. The van der Waals surface area contributed by atoms with Gasteiger partial charge < -0.3 is 15.4 Å². The van der Waals surface area contributed by atoms with Gasteiger partial charge in [-0.25, -0.2) is 0 Å². The molecular formula is C18H15N3O3S. The third-order valence-corrected chi connectivity index (χ3v) is 4.10. The van der Waals surface area contributed by atoms with Crippen LogP contribution in [-0.4, -0.2) is 23.9 Å². The molecule has 126 valence electrons. The molecule has 2 aromatic heterocycles. The number of ether oxygens (including phenoxy) is 1. The van der Waals surface area contributed by atoms with E-state index in [9.17, 15) is 9.59 Å². The molecule has 1 aromatic carbocycles. The monoisotopic (exact) mass is 353 g/mol. The molecule has 0 aliphatic carbocycles. The predicted molar refractivity (Wildman–Crippen MR) is 97.5 cm³/mol. The molecule has 6 nitrogen and oxygen atoms in total. The molecule has 0 fully saturated rings. The number of benzene rings is 1. The van der Waals surface area contributed by atoms with Crippen molar-refractivity contribution in [3.8, 4) is 5.75 Å². The van der Waals surface area contributed by atoms with E-state index in [4.69, 9.17) is 4.74 Å². The number of rotatable bonds is 5. The normalized spacial score (nSPS) is 10.1. The van der Waals surface area contributed by atoms with Crippen molar-refractivity contribution in [2.45, 2.75) is 0 Å². The zero-order valence-corrected chi connectivity index (χ0v) is 14.2. The molecule has 0 aliphatic heterocycles. The summed E-state index contributed by atoms with van der Waals surface area (Å²) in [5, 5.41) is 9.18. The number of amides is 2. The van der Waals surface area contributed by atoms with Gasteiger partial charge in [-0.2, -0.15) is 11.3 Å². The summed E-state index contributed by atoms with van der Waals surface area (Å²) >= 11 is 1.46. The number of carbonyl (C=O) groups excluding carboxylic acids is 2.